The Bertz CT molecular complexity index is 558. The number of hydrogen-bond acceptors (Lipinski definition) is 3. The lowest BCUT2D eigenvalue weighted by atomic mass is 10.1. The monoisotopic (exact) mass is 258 g/mol. The van der Waals surface area contributed by atoms with Gasteiger partial charge in [-0.2, -0.15) is 0 Å². The van der Waals surface area contributed by atoms with Crippen LogP contribution in [0, 0.1) is 6.92 Å². The summed E-state index contributed by atoms with van der Waals surface area (Å²) in [6.45, 7) is 4.30. The van der Waals surface area contributed by atoms with E-state index in [1.165, 1.54) is 6.26 Å². The summed E-state index contributed by atoms with van der Waals surface area (Å²) < 4.78 is 5.17. The summed E-state index contributed by atoms with van der Waals surface area (Å²) in [6, 6.07) is 9.58. The lowest BCUT2D eigenvalue weighted by molar-refractivity contribution is 0.0911. The first-order valence-corrected chi connectivity index (χ1v) is 6.25. The Balaban J connectivity index is 2.06. The first-order chi connectivity index (χ1) is 9.11. The molecule has 0 saturated heterocycles. The predicted molar refractivity (Wildman–Crippen MR) is 73.7 cm³/mol. The molecule has 1 aromatic carbocycles. The van der Waals surface area contributed by atoms with Crippen LogP contribution < -0.4 is 11.1 Å². The average molecular weight is 258 g/mol. The smallest absolute Gasteiger partial charge is 0.287 e. The standard InChI is InChI=1S/C15H18N2O2/c1-10-7-8-19-14(10)15(18)17-11(2)13-5-3-12(9-16)4-6-13/h3-8,11H,9,16H2,1-2H3,(H,17,18). The zero-order valence-corrected chi connectivity index (χ0v) is 11.1. The van der Waals surface area contributed by atoms with E-state index in [0.29, 0.717) is 12.3 Å². The second-order valence-corrected chi connectivity index (χ2v) is 4.57. The third kappa shape index (κ3) is 3.03. The number of amides is 1. The van der Waals surface area contributed by atoms with Crippen LogP contribution in [-0.4, -0.2) is 5.91 Å². The summed E-state index contributed by atoms with van der Waals surface area (Å²) >= 11 is 0. The molecule has 2 rings (SSSR count). The number of aryl methyl sites for hydroxylation is 1. The Labute approximate surface area is 112 Å². The number of rotatable bonds is 4. The van der Waals surface area contributed by atoms with Crippen LogP contribution in [0.25, 0.3) is 0 Å². The maximum atomic E-state index is 12.0. The summed E-state index contributed by atoms with van der Waals surface area (Å²) in [5.74, 6) is 0.170. The van der Waals surface area contributed by atoms with Gasteiger partial charge in [-0.3, -0.25) is 4.79 Å². The van der Waals surface area contributed by atoms with Gasteiger partial charge in [0.15, 0.2) is 5.76 Å². The van der Waals surface area contributed by atoms with Crippen molar-refractivity contribution in [2.75, 3.05) is 0 Å². The van der Waals surface area contributed by atoms with E-state index in [-0.39, 0.29) is 11.9 Å². The fourth-order valence-electron chi connectivity index (χ4n) is 1.89. The van der Waals surface area contributed by atoms with E-state index < -0.39 is 0 Å². The molecule has 1 atom stereocenters. The highest BCUT2D eigenvalue weighted by Gasteiger charge is 2.15. The fourth-order valence-corrected chi connectivity index (χ4v) is 1.89. The van der Waals surface area contributed by atoms with Crippen molar-refractivity contribution in [3.05, 3.63) is 59.0 Å². The molecule has 1 heterocycles. The molecule has 0 aliphatic heterocycles. The van der Waals surface area contributed by atoms with Gasteiger partial charge >= 0.3 is 0 Å². The van der Waals surface area contributed by atoms with Crippen molar-refractivity contribution in [1.82, 2.24) is 5.32 Å². The molecule has 0 fully saturated rings. The average Bonchev–Trinajstić information content (AvgIpc) is 2.85. The number of benzene rings is 1. The van der Waals surface area contributed by atoms with Crippen LogP contribution in [-0.2, 0) is 6.54 Å². The van der Waals surface area contributed by atoms with Crippen molar-refractivity contribution in [2.24, 2.45) is 5.73 Å². The van der Waals surface area contributed by atoms with E-state index in [2.05, 4.69) is 5.32 Å². The van der Waals surface area contributed by atoms with Crippen LogP contribution in [0.1, 0.15) is 40.2 Å². The molecule has 19 heavy (non-hydrogen) atoms. The quantitative estimate of drug-likeness (QED) is 0.885. The first-order valence-electron chi connectivity index (χ1n) is 6.25. The Morgan fingerprint density at radius 3 is 2.53 bits per heavy atom. The van der Waals surface area contributed by atoms with Gasteiger partial charge in [-0.05, 0) is 31.0 Å². The molecule has 1 aromatic heterocycles. The van der Waals surface area contributed by atoms with Crippen molar-refractivity contribution >= 4 is 5.91 Å². The molecule has 1 amide bonds. The Hall–Kier alpha value is -2.07. The maximum Gasteiger partial charge on any atom is 0.287 e. The molecule has 0 bridgehead atoms. The second-order valence-electron chi connectivity index (χ2n) is 4.57. The second kappa shape index (κ2) is 5.71. The summed E-state index contributed by atoms with van der Waals surface area (Å²) in [5.41, 5.74) is 8.50. The Morgan fingerprint density at radius 1 is 1.32 bits per heavy atom. The minimum absolute atomic E-state index is 0.0798. The maximum absolute atomic E-state index is 12.0. The number of carbonyl (C=O) groups is 1. The van der Waals surface area contributed by atoms with Crippen LogP contribution in [0.4, 0.5) is 0 Å². The van der Waals surface area contributed by atoms with E-state index >= 15 is 0 Å². The van der Waals surface area contributed by atoms with Crippen LogP contribution >= 0.6 is 0 Å². The largest absolute Gasteiger partial charge is 0.459 e. The van der Waals surface area contributed by atoms with Gasteiger partial charge in [-0.15, -0.1) is 0 Å². The highest BCUT2D eigenvalue weighted by atomic mass is 16.3. The summed E-state index contributed by atoms with van der Waals surface area (Å²) in [4.78, 5) is 12.0. The van der Waals surface area contributed by atoms with Crippen molar-refractivity contribution in [3.63, 3.8) is 0 Å². The first kappa shape index (κ1) is 13.4. The van der Waals surface area contributed by atoms with E-state index in [9.17, 15) is 4.79 Å². The molecular formula is C15H18N2O2. The molecule has 3 N–H and O–H groups in total. The molecular weight excluding hydrogens is 240 g/mol. The van der Waals surface area contributed by atoms with Crippen molar-refractivity contribution in [1.29, 1.82) is 0 Å². The Kier molecular flexibility index (Phi) is 4.02. The highest BCUT2D eigenvalue weighted by molar-refractivity contribution is 5.93. The van der Waals surface area contributed by atoms with Crippen LogP contribution in [0.15, 0.2) is 41.0 Å². The summed E-state index contributed by atoms with van der Waals surface area (Å²) in [5, 5.41) is 2.91. The zero-order chi connectivity index (χ0) is 13.8. The minimum Gasteiger partial charge on any atom is -0.459 e. The molecule has 4 heteroatoms. The van der Waals surface area contributed by atoms with Gasteiger partial charge in [0.05, 0.1) is 12.3 Å². The number of nitrogens with one attached hydrogen (secondary N) is 1. The van der Waals surface area contributed by atoms with Crippen molar-refractivity contribution in [2.45, 2.75) is 26.4 Å². The lowest BCUT2D eigenvalue weighted by Gasteiger charge is -2.14. The van der Waals surface area contributed by atoms with Crippen LogP contribution in [0.5, 0.6) is 0 Å². The van der Waals surface area contributed by atoms with Gasteiger partial charge in [0.1, 0.15) is 0 Å². The zero-order valence-electron chi connectivity index (χ0n) is 11.1. The minimum atomic E-state index is -0.196. The molecule has 0 spiro atoms. The number of nitrogens with two attached hydrogens (primary N) is 1. The van der Waals surface area contributed by atoms with Crippen molar-refractivity contribution < 1.29 is 9.21 Å². The molecule has 4 nitrogen and oxygen atoms in total. The SMILES string of the molecule is Cc1ccoc1C(=O)NC(C)c1ccc(CN)cc1. The molecule has 100 valence electrons. The molecule has 2 aromatic rings. The third-order valence-corrected chi connectivity index (χ3v) is 3.13. The molecule has 0 saturated carbocycles. The van der Waals surface area contributed by atoms with Crippen LogP contribution in [0.3, 0.4) is 0 Å². The number of furan rings is 1. The number of hydrogen-bond donors (Lipinski definition) is 2. The third-order valence-electron chi connectivity index (χ3n) is 3.13. The van der Waals surface area contributed by atoms with Gasteiger partial charge < -0.3 is 15.5 Å². The van der Waals surface area contributed by atoms with Gasteiger partial charge in [0, 0.05) is 12.1 Å². The normalized spacial score (nSPS) is 12.2. The van der Waals surface area contributed by atoms with Gasteiger partial charge in [0.2, 0.25) is 0 Å². The number of carbonyl (C=O) groups excluding carboxylic acids is 1. The molecule has 0 aliphatic carbocycles. The van der Waals surface area contributed by atoms with Crippen LogP contribution in [0.2, 0.25) is 0 Å². The fraction of sp³-hybridized carbons (Fsp3) is 0.267. The van der Waals surface area contributed by atoms with Crippen molar-refractivity contribution in [3.8, 4) is 0 Å². The summed E-state index contributed by atoms with van der Waals surface area (Å²) in [7, 11) is 0. The van der Waals surface area contributed by atoms with E-state index in [0.717, 1.165) is 16.7 Å². The lowest BCUT2D eigenvalue weighted by Crippen LogP contribution is -2.26. The molecule has 0 aliphatic rings. The van der Waals surface area contributed by atoms with E-state index in [1.807, 2.05) is 38.1 Å². The van der Waals surface area contributed by atoms with Gasteiger partial charge in [-0.1, -0.05) is 24.3 Å². The van der Waals surface area contributed by atoms with Gasteiger partial charge in [0.25, 0.3) is 5.91 Å². The molecule has 0 radical (unpaired) electrons. The highest BCUT2D eigenvalue weighted by Crippen LogP contribution is 2.15. The topological polar surface area (TPSA) is 68.3 Å². The molecule has 1 unspecified atom stereocenters. The van der Waals surface area contributed by atoms with E-state index in [1.54, 1.807) is 6.07 Å². The van der Waals surface area contributed by atoms with Gasteiger partial charge in [-0.25, -0.2) is 0 Å². The van der Waals surface area contributed by atoms with E-state index in [4.69, 9.17) is 10.2 Å². The Morgan fingerprint density at radius 2 is 2.00 bits per heavy atom. The predicted octanol–water partition coefficient (Wildman–Crippen LogP) is 2.54. The summed E-state index contributed by atoms with van der Waals surface area (Å²) in [6.07, 6.45) is 1.52.